The minimum absolute atomic E-state index is 0.0201. The molecule has 0 N–H and O–H groups in total. The summed E-state index contributed by atoms with van der Waals surface area (Å²) >= 11 is 6.97. The number of hydrogen-bond donors (Lipinski definition) is 0. The summed E-state index contributed by atoms with van der Waals surface area (Å²) in [5.74, 6) is 0.210. The number of esters is 1. The van der Waals surface area contributed by atoms with Crippen LogP contribution in [0.1, 0.15) is 33.1 Å². The molecule has 2 aliphatic rings. The Kier molecular flexibility index (Phi) is 3.85. The highest BCUT2D eigenvalue weighted by Gasteiger charge is 2.66. The molecule has 6 heteroatoms. The number of Topliss-reactive ketones (excluding diaryl/α,β-unsaturated/α-hetero) is 1. The normalized spacial score (nSPS) is 27.0. The predicted octanol–water partition coefficient (Wildman–Crippen LogP) is 5.06. The Morgan fingerprint density at radius 1 is 1.32 bits per heavy atom. The summed E-state index contributed by atoms with van der Waals surface area (Å²) in [4.78, 5) is 30.3. The van der Waals surface area contributed by atoms with E-state index < -0.39 is 16.8 Å². The number of halogens is 2. The van der Waals surface area contributed by atoms with Crippen LogP contribution in [-0.4, -0.2) is 16.7 Å². The second-order valence-electron chi connectivity index (χ2n) is 7.53. The fraction of sp³-hybridized carbons (Fsp3) is 0.421. The quantitative estimate of drug-likeness (QED) is 0.352. The second kappa shape index (κ2) is 5.61. The van der Waals surface area contributed by atoms with Crippen molar-refractivity contribution in [2.75, 3.05) is 0 Å². The van der Waals surface area contributed by atoms with E-state index in [0.29, 0.717) is 28.6 Å². The summed E-state index contributed by atoms with van der Waals surface area (Å²) in [7, 11) is 0. The Labute approximate surface area is 162 Å². The van der Waals surface area contributed by atoms with Crippen LogP contribution in [-0.2, 0) is 9.59 Å². The molecule has 2 fully saturated rings. The van der Waals surface area contributed by atoms with E-state index in [9.17, 15) is 9.59 Å². The molecule has 0 spiro atoms. The van der Waals surface area contributed by atoms with Gasteiger partial charge in [-0.05, 0) is 53.2 Å². The van der Waals surface area contributed by atoms with Gasteiger partial charge in [0.2, 0.25) is 0 Å². The van der Waals surface area contributed by atoms with Crippen molar-refractivity contribution < 1.29 is 14.3 Å². The maximum Gasteiger partial charge on any atom is 0.325 e. The van der Waals surface area contributed by atoms with Gasteiger partial charge in [-0.2, -0.15) is 0 Å². The van der Waals surface area contributed by atoms with Crippen molar-refractivity contribution in [1.82, 2.24) is 4.98 Å². The predicted molar refractivity (Wildman–Crippen MR) is 101 cm³/mol. The van der Waals surface area contributed by atoms with Gasteiger partial charge in [-0.15, -0.1) is 0 Å². The van der Waals surface area contributed by atoms with Gasteiger partial charge < -0.3 is 4.74 Å². The number of fused-ring (bicyclic) bond motifs is 3. The van der Waals surface area contributed by atoms with Crippen LogP contribution in [0.4, 0.5) is 0 Å². The van der Waals surface area contributed by atoms with Crippen LogP contribution in [0.3, 0.4) is 0 Å². The number of benzene rings is 1. The van der Waals surface area contributed by atoms with Gasteiger partial charge >= 0.3 is 5.97 Å². The third kappa shape index (κ3) is 2.33. The Bertz CT molecular complexity index is 924. The van der Waals surface area contributed by atoms with Crippen LogP contribution in [0.15, 0.2) is 33.3 Å². The monoisotopic (exact) mass is 465 g/mol. The van der Waals surface area contributed by atoms with Crippen molar-refractivity contribution in [1.29, 1.82) is 0 Å². The molecule has 2 aromatic rings. The number of ketones is 1. The molecular weight excluding hydrogens is 450 g/mol. The molecule has 2 atom stereocenters. The number of hydrogen-bond acceptors (Lipinski definition) is 4. The molecule has 130 valence electrons. The van der Waals surface area contributed by atoms with Crippen molar-refractivity contribution in [2.45, 2.75) is 33.1 Å². The average molecular weight is 467 g/mol. The van der Waals surface area contributed by atoms with Crippen molar-refractivity contribution in [3.63, 3.8) is 0 Å². The summed E-state index contributed by atoms with van der Waals surface area (Å²) in [6.45, 7) is 3.89. The van der Waals surface area contributed by atoms with E-state index >= 15 is 0 Å². The maximum absolute atomic E-state index is 13.1. The second-order valence-corrected chi connectivity index (χ2v) is 9.24. The van der Waals surface area contributed by atoms with Crippen LogP contribution in [0.2, 0.25) is 0 Å². The zero-order valence-electron chi connectivity index (χ0n) is 13.9. The van der Waals surface area contributed by atoms with E-state index in [1.54, 1.807) is 6.20 Å². The van der Waals surface area contributed by atoms with Crippen molar-refractivity contribution >= 4 is 54.5 Å². The highest BCUT2D eigenvalue weighted by atomic mass is 79.9. The molecule has 2 aliphatic carbocycles. The molecule has 0 saturated heterocycles. The van der Waals surface area contributed by atoms with Gasteiger partial charge in [0.15, 0.2) is 11.5 Å². The lowest BCUT2D eigenvalue weighted by molar-refractivity contribution is -0.153. The van der Waals surface area contributed by atoms with Crippen molar-refractivity contribution in [3.8, 4) is 5.75 Å². The Balaban J connectivity index is 1.76. The Morgan fingerprint density at radius 2 is 2.08 bits per heavy atom. The minimum Gasteiger partial charge on any atom is -0.422 e. The van der Waals surface area contributed by atoms with E-state index in [1.165, 1.54) is 0 Å². The first-order chi connectivity index (χ1) is 11.8. The van der Waals surface area contributed by atoms with Crippen LogP contribution in [0, 0.1) is 16.7 Å². The lowest BCUT2D eigenvalue weighted by Crippen LogP contribution is -2.43. The average Bonchev–Trinajstić information content (AvgIpc) is 3.11. The molecule has 25 heavy (non-hydrogen) atoms. The summed E-state index contributed by atoms with van der Waals surface area (Å²) in [6, 6.07) is 5.57. The summed E-state index contributed by atoms with van der Waals surface area (Å²) < 4.78 is 7.29. The maximum atomic E-state index is 13.1. The summed E-state index contributed by atoms with van der Waals surface area (Å²) in [5, 5.41) is 0.855. The fourth-order valence-corrected chi connectivity index (χ4v) is 5.74. The molecule has 0 radical (unpaired) electrons. The molecule has 2 unspecified atom stereocenters. The van der Waals surface area contributed by atoms with Crippen LogP contribution in [0.5, 0.6) is 5.75 Å². The van der Waals surface area contributed by atoms with Gasteiger partial charge in [-0.1, -0.05) is 35.8 Å². The highest BCUT2D eigenvalue weighted by Crippen LogP contribution is 2.60. The fourth-order valence-electron chi connectivity index (χ4n) is 4.38. The Morgan fingerprint density at radius 3 is 2.76 bits per heavy atom. The van der Waals surface area contributed by atoms with E-state index in [4.69, 9.17) is 4.74 Å². The smallest absolute Gasteiger partial charge is 0.325 e. The van der Waals surface area contributed by atoms with Gasteiger partial charge in [-0.25, -0.2) is 0 Å². The van der Waals surface area contributed by atoms with E-state index in [0.717, 1.165) is 16.3 Å². The van der Waals surface area contributed by atoms with Gasteiger partial charge in [0.05, 0.1) is 4.47 Å². The zero-order chi connectivity index (χ0) is 18.0. The number of ether oxygens (including phenoxy) is 1. The van der Waals surface area contributed by atoms with E-state index in [1.807, 2.05) is 32.0 Å². The van der Waals surface area contributed by atoms with Gasteiger partial charge in [0.25, 0.3) is 0 Å². The molecular formula is C19H17Br2NO3. The summed E-state index contributed by atoms with van der Waals surface area (Å²) in [5.41, 5.74) is -0.858. The number of nitrogens with zero attached hydrogens (tertiary/aromatic N) is 1. The first-order valence-electron chi connectivity index (χ1n) is 8.27. The number of carbonyl (C=O) groups is 2. The first-order valence-corrected chi connectivity index (χ1v) is 9.86. The lowest BCUT2D eigenvalue weighted by atomic mass is 9.71. The molecule has 1 aromatic heterocycles. The number of pyridine rings is 1. The van der Waals surface area contributed by atoms with Crippen LogP contribution in [0.25, 0.3) is 10.9 Å². The van der Waals surface area contributed by atoms with Crippen molar-refractivity contribution in [3.05, 3.63) is 33.3 Å². The van der Waals surface area contributed by atoms with Gasteiger partial charge in [0, 0.05) is 21.5 Å². The molecule has 0 amide bonds. The van der Waals surface area contributed by atoms with Gasteiger partial charge in [-0.3, -0.25) is 14.6 Å². The molecule has 4 rings (SSSR count). The SMILES string of the molecule is CC1(C)C(=O)C2(C(=O)Oc3c(Br)cc(Br)c4cccnc34)CCC1C2. The van der Waals surface area contributed by atoms with Crippen LogP contribution < -0.4 is 4.74 Å². The highest BCUT2D eigenvalue weighted by molar-refractivity contribution is 9.11. The molecule has 2 bridgehead atoms. The number of rotatable bonds is 2. The molecule has 4 nitrogen and oxygen atoms in total. The Hall–Kier alpha value is -1.27. The third-order valence-electron chi connectivity index (χ3n) is 5.89. The number of aromatic nitrogens is 1. The van der Waals surface area contributed by atoms with E-state index in [-0.39, 0.29) is 11.7 Å². The third-order valence-corrected chi connectivity index (χ3v) is 7.14. The molecule has 1 heterocycles. The minimum atomic E-state index is -0.998. The van der Waals surface area contributed by atoms with Crippen LogP contribution >= 0.6 is 31.9 Å². The molecule has 1 aromatic carbocycles. The summed E-state index contributed by atoms with van der Waals surface area (Å²) in [6.07, 6.45) is 3.73. The number of carbonyl (C=O) groups excluding carboxylic acids is 2. The van der Waals surface area contributed by atoms with Gasteiger partial charge in [0.1, 0.15) is 10.9 Å². The van der Waals surface area contributed by atoms with Crippen molar-refractivity contribution in [2.24, 2.45) is 16.7 Å². The first kappa shape index (κ1) is 17.2. The largest absolute Gasteiger partial charge is 0.422 e. The lowest BCUT2D eigenvalue weighted by Gasteiger charge is -2.31. The van der Waals surface area contributed by atoms with E-state index in [2.05, 4.69) is 36.8 Å². The zero-order valence-corrected chi connectivity index (χ0v) is 17.1. The standard InChI is InChI=1S/C19H17Br2NO3/c1-18(2)10-5-6-19(9-10,16(18)23)17(24)25-15-13(21)8-12(20)11-4-3-7-22-14(11)15/h3-4,7-8,10H,5-6,9H2,1-2H3. The topological polar surface area (TPSA) is 56.3 Å². The molecule has 2 saturated carbocycles. The molecule has 0 aliphatic heterocycles.